The number of benzene rings is 1. The number of nitrogens with two attached hydrogens (primary N) is 1. The molecule has 2 aromatic heterocycles. The Balaban J connectivity index is 1.78. The molecule has 3 N–H and O–H groups in total. The minimum Gasteiger partial charge on any atom is -0.423 e. The SMILES string of the molecule is Nc1ccc2nc(NCc3ccc(Cl)s3)oc2c1. The van der Waals surface area contributed by atoms with E-state index in [-0.39, 0.29) is 0 Å². The summed E-state index contributed by atoms with van der Waals surface area (Å²) in [7, 11) is 0. The first-order chi connectivity index (χ1) is 8.70. The zero-order chi connectivity index (χ0) is 12.5. The number of anilines is 2. The van der Waals surface area contributed by atoms with Gasteiger partial charge in [-0.2, -0.15) is 4.98 Å². The third-order valence-corrected chi connectivity index (χ3v) is 3.69. The van der Waals surface area contributed by atoms with E-state index in [0.29, 0.717) is 23.8 Å². The molecule has 0 aliphatic carbocycles. The molecule has 92 valence electrons. The molecule has 3 rings (SSSR count). The lowest BCUT2D eigenvalue weighted by Crippen LogP contribution is -1.96. The zero-order valence-electron chi connectivity index (χ0n) is 9.31. The second-order valence-electron chi connectivity index (χ2n) is 3.81. The fourth-order valence-electron chi connectivity index (χ4n) is 1.63. The van der Waals surface area contributed by atoms with Crippen molar-refractivity contribution in [1.29, 1.82) is 0 Å². The third kappa shape index (κ3) is 2.27. The fraction of sp³-hybridized carbons (Fsp3) is 0.0833. The quantitative estimate of drug-likeness (QED) is 0.717. The van der Waals surface area contributed by atoms with Crippen LogP contribution in [0.4, 0.5) is 11.7 Å². The molecular weight excluding hydrogens is 270 g/mol. The molecule has 1 aromatic carbocycles. The van der Waals surface area contributed by atoms with Gasteiger partial charge >= 0.3 is 0 Å². The van der Waals surface area contributed by atoms with Crippen LogP contribution in [-0.4, -0.2) is 4.98 Å². The van der Waals surface area contributed by atoms with Gasteiger partial charge in [-0.1, -0.05) is 11.6 Å². The first kappa shape index (κ1) is 11.4. The van der Waals surface area contributed by atoms with Crippen LogP contribution < -0.4 is 11.1 Å². The van der Waals surface area contributed by atoms with Crippen molar-refractivity contribution in [2.45, 2.75) is 6.54 Å². The van der Waals surface area contributed by atoms with Gasteiger partial charge in [0.25, 0.3) is 6.01 Å². The summed E-state index contributed by atoms with van der Waals surface area (Å²) in [6.07, 6.45) is 0. The number of nitrogen functional groups attached to an aromatic ring is 1. The minimum atomic E-state index is 0.486. The molecule has 0 amide bonds. The smallest absolute Gasteiger partial charge is 0.295 e. The maximum absolute atomic E-state index is 5.86. The van der Waals surface area contributed by atoms with Crippen LogP contribution in [0.15, 0.2) is 34.7 Å². The molecule has 0 aliphatic heterocycles. The maximum atomic E-state index is 5.86. The lowest BCUT2D eigenvalue weighted by molar-refractivity contribution is 0.615. The van der Waals surface area contributed by atoms with Gasteiger partial charge in [-0.3, -0.25) is 0 Å². The lowest BCUT2D eigenvalue weighted by Gasteiger charge is -1.97. The van der Waals surface area contributed by atoms with E-state index >= 15 is 0 Å². The van der Waals surface area contributed by atoms with Gasteiger partial charge in [0.05, 0.1) is 10.9 Å². The average Bonchev–Trinajstić information content (AvgIpc) is 2.92. The van der Waals surface area contributed by atoms with Gasteiger partial charge in [-0.05, 0) is 24.3 Å². The van der Waals surface area contributed by atoms with Crippen molar-refractivity contribution >= 4 is 45.7 Å². The topological polar surface area (TPSA) is 64.1 Å². The van der Waals surface area contributed by atoms with Crippen LogP contribution in [-0.2, 0) is 6.54 Å². The Hall–Kier alpha value is -1.72. The number of nitrogens with one attached hydrogen (secondary N) is 1. The summed E-state index contributed by atoms with van der Waals surface area (Å²) in [6.45, 7) is 0.639. The molecule has 2 heterocycles. The van der Waals surface area contributed by atoms with Crippen molar-refractivity contribution in [3.05, 3.63) is 39.5 Å². The monoisotopic (exact) mass is 279 g/mol. The molecule has 4 nitrogen and oxygen atoms in total. The van der Waals surface area contributed by atoms with Crippen molar-refractivity contribution in [2.24, 2.45) is 0 Å². The first-order valence-electron chi connectivity index (χ1n) is 5.35. The predicted molar refractivity (Wildman–Crippen MR) is 75.1 cm³/mol. The zero-order valence-corrected chi connectivity index (χ0v) is 10.9. The summed E-state index contributed by atoms with van der Waals surface area (Å²) in [5.74, 6) is 0. The van der Waals surface area contributed by atoms with Crippen molar-refractivity contribution in [3.8, 4) is 0 Å². The van der Waals surface area contributed by atoms with Crippen molar-refractivity contribution < 1.29 is 4.42 Å². The number of rotatable bonds is 3. The number of nitrogens with zero attached hydrogens (tertiary/aromatic N) is 1. The number of hydrogen-bond donors (Lipinski definition) is 2. The van der Waals surface area contributed by atoms with E-state index < -0.39 is 0 Å². The van der Waals surface area contributed by atoms with Gasteiger partial charge in [0.15, 0.2) is 5.58 Å². The lowest BCUT2D eigenvalue weighted by atomic mass is 10.3. The number of halogens is 1. The second kappa shape index (κ2) is 4.51. The highest BCUT2D eigenvalue weighted by Gasteiger charge is 2.06. The number of oxazole rings is 1. The Morgan fingerprint density at radius 3 is 3.00 bits per heavy atom. The maximum Gasteiger partial charge on any atom is 0.295 e. The molecule has 0 saturated heterocycles. The average molecular weight is 280 g/mol. The van der Waals surface area contributed by atoms with Gasteiger partial charge in [0.2, 0.25) is 0 Å². The van der Waals surface area contributed by atoms with E-state index in [1.807, 2.05) is 18.2 Å². The Bertz CT molecular complexity index is 692. The standard InChI is InChI=1S/C12H10ClN3OS/c13-11-4-2-8(18-11)6-15-12-16-9-3-1-7(14)5-10(9)17-12/h1-5H,6,14H2,(H,15,16). The highest BCUT2D eigenvalue weighted by atomic mass is 35.5. The molecule has 0 bridgehead atoms. The van der Waals surface area contributed by atoms with Crippen molar-refractivity contribution in [3.63, 3.8) is 0 Å². The largest absolute Gasteiger partial charge is 0.423 e. The fourth-order valence-corrected chi connectivity index (χ4v) is 2.65. The van der Waals surface area contributed by atoms with Crippen molar-refractivity contribution in [2.75, 3.05) is 11.1 Å². The van der Waals surface area contributed by atoms with Crippen LogP contribution in [0.2, 0.25) is 4.34 Å². The molecule has 0 unspecified atom stereocenters. The molecule has 6 heteroatoms. The van der Waals surface area contributed by atoms with Crippen LogP contribution >= 0.6 is 22.9 Å². The predicted octanol–water partition coefficient (Wildman–Crippen LogP) is 3.74. The Morgan fingerprint density at radius 2 is 2.22 bits per heavy atom. The number of fused-ring (bicyclic) bond motifs is 1. The van der Waals surface area contributed by atoms with Gasteiger partial charge in [-0.15, -0.1) is 11.3 Å². The van der Waals surface area contributed by atoms with Crippen LogP contribution in [0.3, 0.4) is 0 Å². The molecule has 3 aromatic rings. The Labute approximate surface area is 112 Å². The summed E-state index contributed by atoms with van der Waals surface area (Å²) in [5.41, 5.74) is 7.81. The van der Waals surface area contributed by atoms with E-state index in [2.05, 4.69) is 10.3 Å². The molecule has 18 heavy (non-hydrogen) atoms. The Kier molecular flexibility index (Phi) is 2.85. The van der Waals surface area contributed by atoms with E-state index in [0.717, 1.165) is 14.7 Å². The number of hydrogen-bond acceptors (Lipinski definition) is 5. The Morgan fingerprint density at radius 1 is 1.33 bits per heavy atom. The van der Waals surface area contributed by atoms with Crippen molar-refractivity contribution in [1.82, 2.24) is 4.98 Å². The van der Waals surface area contributed by atoms with Gasteiger partial charge in [0, 0.05) is 16.6 Å². The van der Waals surface area contributed by atoms with Crippen LogP contribution in [0.1, 0.15) is 4.88 Å². The summed E-state index contributed by atoms with van der Waals surface area (Å²) >= 11 is 7.39. The highest BCUT2D eigenvalue weighted by Crippen LogP contribution is 2.24. The molecule has 0 spiro atoms. The molecule has 0 fully saturated rings. The summed E-state index contributed by atoms with van der Waals surface area (Å²) in [5, 5.41) is 3.12. The molecule has 0 atom stereocenters. The van der Waals surface area contributed by atoms with Gasteiger partial charge in [0.1, 0.15) is 5.52 Å². The van der Waals surface area contributed by atoms with E-state index in [1.165, 1.54) is 11.3 Å². The van der Waals surface area contributed by atoms with Gasteiger partial charge in [-0.25, -0.2) is 0 Å². The van der Waals surface area contributed by atoms with Crippen LogP contribution in [0.25, 0.3) is 11.1 Å². The third-order valence-electron chi connectivity index (χ3n) is 2.46. The van der Waals surface area contributed by atoms with E-state index in [4.69, 9.17) is 21.8 Å². The molecule has 0 aliphatic rings. The van der Waals surface area contributed by atoms with E-state index in [1.54, 1.807) is 12.1 Å². The minimum absolute atomic E-state index is 0.486. The van der Waals surface area contributed by atoms with Crippen LogP contribution in [0, 0.1) is 0 Å². The first-order valence-corrected chi connectivity index (χ1v) is 6.54. The summed E-state index contributed by atoms with van der Waals surface area (Å²) < 4.78 is 6.32. The van der Waals surface area contributed by atoms with Gasteiger partial charge < -0.3 is 15.5 Å². The van der Waals surface area contributed by atoms with E-state index in [9.17, 15) is 0 Å². The number of aromatic nitrogens is 1. The molecular formula is C12H10ClN3OS. The highest BCUT2D eigenvalue weighted by molar-refractivity contribution is 7.16. The summed E-state index contributed by atoms with van der Waals surface area (Å²) in [6, 6.07) is 9.72. The molecule has 0 radical (unpaired) electrons. The number of thiophene rings is 1. The summed E-state index contributed by atoms with van der Waals surface area (Å²) in [4.78, 5) is 5.44. The molecule has 0 saturated carbocycles. The van der Waals surface area contributed by atoms with Crippen LogP contribution in [0.5, 0.6) is 0 Å². The normalized spacial score (nSPS) is 10.9. The second-order valence-corrected chi connectivity index (χ2v) is 5.61.